The van der Waals surface area contributed by atoms with Crippen LogP contribution in [0.25, 0.3) is 0 Å². The molecule has 0 N–H and O–H groups in total. The largest absolute Gasteiger partial charge is 0.422 e. The molecule has 1 aromatic carbocycles. The Labute approximate surface area is 132 Å². The van der Waals surface area contributed by atoms with Gasteiger partial charge in [-0.15, -0.1) is 0 Å². The van der Waals surface area contributed by atoms with Crippen molar-refractivity contribution in [2.45, 2.75) is 48.0 Å². The van der Waals surface area contributed by atoms with E-state index in [1.54, 1.807) is 33.8 Å². The summed E-state index contributed by atoms with van der Waals surface area (Å²) < 4.78 is 10.9. The van der Waals surface area contributed by atoms with Gasteiger partial charge in [0, 0.05) is 0 Å². The van der Waals surface area contributed by atoms with Gasteiger partial charge in [0.05, 0.1) is 11.8 Å². The number of hydrogen-bond donors (Lipinski definition) is 0. The van der Waals surface area contributed by atoms with Crippen molar-refractivity contribution in [3.05, 3.63) is 23.8 Å². The Morgan fingerprint density at radius 3 is 1.95 bits per heavy atom. The fourth-order valence-corrected chi connectivity index (χ4v) is 1.80. The lowest BCUT2D eigenvalue weighted by Gasteiger charge is -2.17. The van der Waals surface area contributed by atoms with Crippen LogP contribution in [0.1, 0.15) is 47.1 Å². The molecular formula is C18H26O4. The number of carbonyl (C=O) groups excluding carboxylic acids is 2. The van der Waals surface area contributed by atoms with E-state index >= 15 is 0 Å². The topological polar surface area (TPSA) is 52.6 Å². The average Bonchev–Trinajstić information content (AvgIpc) is 2.41. The van der Waals surface area contributed by atoms with E-state index in [4.69, 9.17) is 9.47 Å². The molecule has 0 unspecified atom stereocenters. The van der Waals surface area contributed by atoms with Gasteiger partial charge in [-0.05, 0) is 24.0 Å². The Hall–Kier alpha value is -1.84. The predicted molar refractivity (Wildman–Crippen MR) is 85.9 cm³/mol. The van der Waals surface area contributed by atoms with E-state index in [2.05, 4.69) is 13.8 Å². The molecule has 1 rings (SSSR count). The van der Waals surface area contributed by atoms with E-state index in [1.807, 2.05) is 12.1 Å². The van der Waals surface area contributed by atoms with Gasteiger partial charge >= 0.3 is 11.9 Å². The summed E-state index contributed by atoms with van der Waals surface area (Å²) >= 11 is 0. The summed E-state index contributed by atoms with van der Waals surface area (Å²) in [7, 11) is 0. The lowest BCUT2D eigenvalue weighted by atomic mass is 10.0. The maximum absolute atomic E-state index is 12.0. The first-order valence-corrected chi connectivity index (χ1v) is 7.77. The minimum atomic E-state index is -0.344. The summed E-state index contributed by atoms with van der Waals surface area (Å²) in [6.45, 7) is 11.2. The van der Waals surface area contributed by atoms with Gasteiger partial charge in [-0.1, -0.05) is 53.7 Å². The lowest BCUT2D eigenvalue weighted by Crippen LogP contribution is -2.19. The van der Waals surface area contributed by atoms with Gasteiger partial charge in [0.25, 0.3) is 0 Å². The highest BCUT2D eigenvalue weighted by Gasteiger charge is 2.20. The fourth-order valence-electron chi connectivity index (χ4n) is 1.80. The molecule has 22 heavy (non-hydrogen) atoms. The van der Waals surface area contributed by atoms with Crippen molar-refractivity contribution in [2.75, 3.05) is 0 Å². The molecule has 0 aliphatic heterocycles. The zero-order valence-electron chi connectivity index (χ0n) is 14.3. The van der Waals surface area contributed by atoms with Crippen molar-refractivity contribution < 1.29 is 19.1 Å². The second-order valence-corrected chi connectivity index (χ2v) is 6.49. The Kier molecular flexibility index (Phi) is 6.60. The van der Waals surface area contributed by atoms with E-state index in [0.717, 1.165) is 12.0 Å². The molecule has 0 saturated carbocycles. The highest BCUT2D eigenvalue weighted by atomic mass is 16.6. The number of ether oxygens (including phenoxy) is 2. The van der Waals surface area contributed by atoms with Gasteiger partial charge in [0.2, 0.25) is 0 Å². The Morgan fingerprint density at radius 2 is 1.45 bits per heavy atom. The molecule has 0 aliphatic rings. The number of hydrogen-bond acceptors (Lipinski definition) is 4. The zero-order valence-corrected chi connectivity index (χ0v) is 14.3. The van der Waals surface area contributed by atoms with Crippen molar-refractivity contribution in [2.24, 2.45) is 17.8 Å². The monoisotopic (exact) mass is 306 g/mol. The summed E-state index contributed by atoms with van der Waals surface area (Å²) in [5.74, 6) is -0.105. The second-order valence-electron chi connectivity index (χ2n) is 6.49. The van der Waals surface area contributed by atoms with Crippen molar-refractivity contribution >= 4 is 11.9 Å². The van der Waals surface area contributed by atoms with Crippen LogP contribution in [0.2, 0.25) is 0 Å². The molecule has 0 amide bonds. The van der Waals surface area contributed by atoms with Gasteiger partial charge in [0.15, 0.2) is 11.5 Å². The molecule has 0 atom stereocenters. The number of carbonyl (C=O) groups is 2. The third-order valence-electron chi connectivity index (χ3n) is 3.04. The summed E-state index contributed by atoms with van der Waals surface area (Å²) in [6, 6.07) is 5.37. The first kappa shape index (κ1) is 18.2. The van der Waals surface area contributed by atoms with Crippen molar-refractivity contribution in [1.29, 1.82) is 0 Å². The Bertz CT molecular complexity index is 530. The first-order chi connectivity index (χ1) is 10.2. The van der Waals surface area contributed by atoms with Gasteiger partial charge in [-0.2, -0.15) is 0 Å². The smallest absolute Gasteiger partial charge is 0.313 e. The summed E-state index contributed by atoms with van der Waals surface area (Å²) in [5, 5.41) is 0. The second kappa shape index (κ2) is 7.97. The van der Waals surface area contributed by atoms with Crippen LogP contribution in [0.15, 0.2) is 18.2 Å². The normalized spacial score (nSPS) is 11.1. The molecule has 0 aliphatic carbocycles. The summed E-state index contributed by atoms with van der Waals surface area (Å²) in [5.41, 5.74) is 0.873. The van der Waals surface area contributed by atoms with E-state index in [0.29, 0.717) is 17.4 Å². The maximum atomic E-state index is 12.0. The third-order valence-corrected chi connectivity index (χ3v) is 3.04. The van der Waals surface area contributed by atoms with Crippen LogP contribution in [0.4, 0.5) is 0 Å². The van der Waals surface area contributed by atoms with E-state index in [1.165, 1.54) is 0 Å². The molecule has 122 valence electrons. The lowest BCUT2D eigenvalue weighted by molar-refractivity contribution is -0.140. The minimum Gasteiger partial charge on any atom is -0.422 e. The first-order valence-electron chi connectivity index (χ1n) is 7.77. The Balaban J connectivity index is 3.18. The van der Waals surface area contributed by atoms with Gasteiger partial charge in [-0.25, -0.2) is 0 Å². The number of para-hydroxylation sites is 1. The molecule has 0 saturated heterocycles. The molecule has 0 heterocycles. The zero-order chi connectivity index (χ0) is 16.9. The standard InChI is InChI=1S/C18H26O4/c1-11(2)10-14-8-7-9-15(21-17(19)12(3)4)16(14)22-18(20)13(5)6/h7-9,11-13H,10H2,1-6H3. The van der Waals surface area contributed by atoms with Crippen molar-refractivity contribution in [3.63, 3.8) is 0 Å². The molecule has 0 fully saturated rings. The fraction of sp³-hybridized carbons (Fsp3) is 0.556. The molecule has 0 aromatic heterocycles. The predicted octanol–water partition coefficient (Wildman–Crippen LogP) is 4.01. The summed E-state index contributed by atoms with van der Waals surface area (Å²) in [4.78, 5) is 23.8. The van der Waals surface area contributed by atoms with Crippen LogP contribution in [-0.4, -0.2) is 11.9 Å². The number of rotatable bonds is 6. The van der Waals surface area contributed by atoms with E-state index in [-0.39, 0.29) is 23.8 Å². The molecule has 4 nitrogen and oxygen atoms in total. The molecule has 0 spiro atoms. The number of benzene rings is 1. The maximum Gasteiger partial charge on any atom is 0.313 e. The van der Waals surface area contributed by atoms with Crippen molar-refractivity contribution in [3.8, 4) is 11.5 Å². The van der Waals surface area contributed by atoms with E-state index in [9.17, 15) is 9.59 Å². The SMILES string of the molecule is CC(C)Cc1cccc(OC(=O)C(C)C)c1OC(=O)C(C)C. The molecule has 1 aromatic rings. The molecule has 0 radical (unpaired) electrons. The van der Waals surface area contributed by atoms with Crippen LogP contribution in [0.3, 0.4) is 0 Å². The highest BCUT2D eigenvalue weighted by Crippen LogP contribution is 2.34. The van der Waals surface area contributed by atoms with Gasteiger partial charge in [0.1, 0.15) is 0 Å². The van der Waals surface area contributed by atoms with Crippen LogP contribution >= 0.6 is 0 Å². The van der Waals surface area contributed by atoms with Gasteiger partial charge in [-0.3, -0.25) is 9.59 Å². The third kappa shape index (κ3) is 5.17. The van der Waals surface area contributed by atoms with Crippen LogP contribution in [0, 0.1) is 17.8 Å². The van der Waals surface area contributed by atoms with E-state index < -0.39 is 0 Å². The van der Waals surface area contributed by atoms with Gasteiger partial charge < -0.3 is 9.47 Å². The van der Waals surface area contributed by atoms with Crippen molar-refractivity contribution in [1.82, 2.24) is 0 Å². The highest BCUT2D eigenvalue weighted by molar-refractivity contribution is 5.78. The average molecular weight is 306 g/mol. The minimum absolute atomic E-state index is 0.248. The Morgan fingerprint density at radius 1 is 0.909 bits per heavy atom. The van der Waals surface area contributed by atoms with Crippen LogP contribution < -0.4 is 9.47 Å². The molecular weight excluding hydrogens is 280 g/mol. The summed E-state index contributed by atoms with van der Waals surface area (Å²) in [6.07, 6.45) is 0.744. The quantitative estimate of drug-likeness (QED) is 0.588. The molecule has 0 bridgehead atoms. The number of esters is 2. The van der Waals surface area contributed by atoms with Crippen LogP contribution in [0.5, 0.6) is 11.5 Å². The van der Waals surface area contributed by atoms with Crippen LogP contribution in [-0.2, 0) is 16.0 Å². The molecule has 4 heteroatoms.